The zero-order valence-electron chi connectivity index (χ0n) is 15.2. The van der Waals surface area contributed by atoms with Gasteiger partial charge in [0.15, 0.2) is 6.54 Å². The van der Waals surface area contributed by atoms with Crippen molar-refractivity contribution in [1.29, 1.82) is 0 Å². The van der Waals surface area contributed by atoms with Gasteiger partial charge in [-0.3, -0.25) is 4.79 Å². The Hall–Kier alpha value is -2.93. The minimum atomic E-state index is -0.489. The van der Waals surface area contributed by atoms with Crippen molar-refractivity contribution in [2.75, 3.05) is 50.1 Å². The van der Waals surface area contributed by atoms with Gasteiger partial charge in [0.25, 0.3) is 5.91 Å². The standard InChI is InChI=1S/C20H22FN3O3/c1-27-20(26)15-6-2-4-8-17(15)22-19(25)14-23-10-12-24(13-11-23)18-9-5-3-7-16(18)21/h2-9H,10-14H2,1H3,(H,22,25)/p+1. The quantitative estimate of drug-likeness (QED) is 0.768. The van der Waals surface area contributed by atoms with Crippen molar-refractivity contribution in [2.45, 2.75) is 0 Å². The third-order valence-electron chi connectivity index (χ3n) is 4.68. The fourth-order valence-electron chi connectivity index (χ4n) is 3.25. The van der Waals surface area contributed by atoms with Gasteiger partial charge in [-0.05, 0) is 24.3 Å². The van der Waals surface area contributed by atoms with Crippen LogP contribution in [0.1, 0.15) is 10.4 Å². The molecule has 0 radical (unpaired) electrons. The fourth-order valence-corrected chi connectivity index (χ4v) is 3.25. The van der Waals surface area contributed by atoms with Crippen molar-refractivity contribution in [1.82, 2.24) is 0 Å². The van der Waals surface area contributed by atoms with Crippen LogP contribution in [0.5, 0.6) is 0 Å². The van der Waals surface area contributed by atoms with E-state index >= 15 is 0 Å². The van der Waals surface area contributed by atoms with Crippen molar-refractivity contribution in [3.8, 4) is 0 Å². The molecule has 0 atom stereocenters. The first kappa shape index (κ1) is 18.8. The van der Waals surface area contributed by atoms with Gasteiger partial charge in [0.05, 0.1) is 50.2 Å². The number of nitrogens with zero attached hydrogens (tertiary/aromatic N) is 1. The highest BCUT2D eigenvalue weighted by atomic mass is 19.1. The Morgan fingerprint density at radius 2 is 1.78 bits per heavy atom. The number of carbonyl (C=O) groups is 2. The summed E-state index contributed by atoms with van der Waals surface area (Å²) in [4.78, 5) is 27.3. The van der Waals surface area contributed by atoms with E-state index in [0.29, 0.717) is 36.6 Å². The summed E-state index contributed by atoms with van der Waals surface area (Å²) in [7, 11) is 1.31. The number of methoxy groups -OCH3 is 1. The Morgan fingerprint density at radius 1 is 1.11 bits per heavy atom. The Kier molecular flexibility index (Phi) is 6.03. The number of piperazine rings is 1. The lowest BCUT2D eigenvalue weighted by atomic mass is 10.2. The molecule has 0 saturated carbocycles. The number of anilines is 2. The number of benzene rings is 2. The summed E-state index contributed by atoms with van der Waals surface area (Å²) >= 11 is 0. The molecular formula is C20H23FN3O3+. The third-order valence-corrected chi connectivity index (χ3v) is 4.68. The van der Waals surface area contributed by atoms with Crippen LogP contribution < -0.4 is 15.1 Å². The van der Waals surface area contributed by atoms with Crippen LogP contribution in [0.2, 0.25) is 0 Å². The number of rotatable bonds is 5. The van der Waals surface area contributed by atoms with Crippen molar-refractivity contribution in [3.63, 3.8) is 0 Å². The summed E-state index contributed by atoms with van der Waals surface area (Å²) in [5, 5.41) is 2.79. The Balaban J connectivity index is 1.55. The van der Waals surface area contributed by atoms with Crippen LogP contribution in [0.25, 0.3) is 0 Å². The maximum absolute atomic E-state index is 13.9. The molecule has 7 heteroatoms. The summed E-state index contributed by atoms with van der Waals surface area (Å²) in [5.74, 6) is -0.879. The van der Waals surface area contributed by atoms with Gasteiger partial charge in [-0.2, -0.15) is 0 Å². The molecule has 0 unspecified atom stereocenters. The molecule has 2 N–H and O–H groups in total. The lowest BCUT2D eigenvalue weighted by Crippen LogP contribution is -3.15. The number of amides is 1. The average molecular weight is 372 g/mol. The van der Waals surface area contributed by atoms with E-state index < -0.39 is 5.97 Å². The van der Waals surface area contributed by atoms with Gasteiger partial charge in [0.1, 0.15) is 5.82 Å². The first-order valence-electron chi connectivity index (χ1n) is 8.88. The zero-order chi connectivity index (χ0) is 19.2. The predicted molar refractivity (Wildman–Crippen MR) is 101 cm³/mol. The van der Waals surface area contributed by atoms with Crippen LogP contribution in [0, 0.1) is 5.82 Å². The summed E-state index contributed by atoms with van der Waals surface area (Å²) < 4.78 is 18.6. The number of hydrogen-bond acceptors (Lipinski definition) is 4. The number of carbonyl (C=O) groups excluding carboxylic acids is 2. The van der Waals surface area contributed by atoms with E-state index in [9.17, 15) is 14.0 Å². The Bertz CT molecular complexity index is 820. The zero-order valence-corrected chi connectivity index (χ0v) is 15.2. The Morgan fingerprint density at radius 3 is 2.48 bits per heavy atom. The molecule has 0 aromatic heterocycles. The normalized spacial score (nSPS) is 14.7. The van der Waals surface area contributed by atoms with Crippen LogP contribution in [-0.2, 0) is 9.53 Å². The van der Waals surface area contributed by atoms with E-state index in [1.807, 2.05) is 11.0 Å². The van der Waals surface area contributed by atoms with E-state index in [0.717, 1.165) is 18.0 Å². The number of hydrogen-bond donors (Lipinski definition) is 2. The maximum atomic E-state index is 13.9. The highest BCUT2D eigenvalue weighted by Gasteiger charge is 2.24. The monoisotopic (exact) mass is 372 g/mol. The second-order valence-corrected chi connectivity index (χ2v) is 6.45. The molecule has 1 amide bonds. The second kappa shape index (κ2) is 8.64. The summed E-state index contributed by atoms with van der Waals surface area (Å²) in [6.45, 7) is 3.13. The number of quaternary nitrogens is 1. The van der Waals surface area contributed by atoms with Gasteiger partial charge < -0.3 is 19.9 Å². The van der Waals surface area contributed by atoms with E-state index in [4.69, 9.17) is 4.74 Å². The molecule has 0 bridgehead atoms. The second-order valence-electron chi connectivity index (χ2n) is 6.45. The van der Waals surface area contributed by atoms with Gasteiger partial charge in [-0.15, -0.1) is 0 Å². The lowest BCUT2D eigenvalue weighted by molar-refractivity contribution is -0.892. The van der Waals surface area contributed by atoms with Crippen LogP contribution in [0.3, 0.4) is 0 Å². The summed E-state index contributed by atoms with van der Waals surface area (Å²) in [6, 6.07) is 13.5. The largest absolute Gasteiger partial charge is 0.465 e. The lowest BCUT2D eigenvalue weighted by Gasteiger charge is -2.33. The molecule has 2 aromatic carbocycles. The minimum Gasteiger partial charge on any atom is -0.465 e. The first-order chi connectivity index (χ1) is 13.1. The molecule has 1 aliphatic rings. The van der Waals surface area contributed by atoms with E-state index in [1.165, 1.54) is 13.2 Å². The number of ether oxygens (including phenoxy) is 1. The molecule has 1 aliphatic heterocycles. The van der Waals surface area contributed by atoms with Gasteiger partial charge >= 0.3 is 5.97 Å². The van der Waals surface area contributed by atoms with Crippen LogP contribution in [-0.4, -0.2) is 51.7 Å². The average Bonchev–Trinajstić information content (AvgIpc) is 2.69. The molecule has 2 aromatic rings. The highest BCUT2D eigenvalue weighted by Crippen LogP contribution is 2.18. The molecule has 3 rings (SSSR count). The van der Waals surface area contributed by atoms with E-state index in [1.54, 1.807) is 36.4 Å². The number of nitrogens with one attached hydrogen (secondary N) is 2. The van der Waals surface area contributed by atoms with Gasteiger partial charge in [-0.1, -0.05) is 24.3 Å². The topological polar surface area (TPSA) is 63.1 Å². The smallest absolute Gasteiger partial charge is 0.339 e. The SMILES string of the molecule is COC(=O)c1ccccc1NC(=O)C[NH+]1CCN(c2ccccc2F)CC1. The molecule has 142 valence electrons. The van der Waals surface area contributed by atoms with Crippen molar-refractivity contribution in [2.24, 2.45) is 0 Å². The molecule has 27 heavy (non-hydrogen) atoms. The molecule has 1 fully saturated rings. The highest BCUT2D eigenvalue weighted by molar-refractivity contribution is 6.01. The first-order valence-corrected chi connectivity index (χ1v) is 8.88. The molecule has 6 nitrogen and oxygen atoms in total. The van der Waals surface area contributed by atoms with Gasteiger partial charge in [0.2, 0.25) is 0 Å². The van der Waals surface area contributed by atoms with Crippen molar-refractivity contribution in [3.05, 3.63) is 59.9 Å². The van der Waals surface area contributed by atoms with Crippen molar-refractivity contribution < 1.29 is 23.6 Å². The molecule has 0 spiro atoms. The number of halogens is 1. The minimum absolute atomic E-state index is 0.166. The summed E-state index contributed by atoms with van der Waals surface area (Å²) in [6.07, 6.45) is 0. The van der Waals surface area contributed by atoms with E-state index in [-0.39, 0.29) is 11.7 Å². The van der Waals surface area contributed by atoms with Crippen LogP contribution in [0.15, 0.2) is 48.5 Å². The number of esters is 1. The fraction of sp³-hybridized carbons (Fsp3) is 0.300. The number of para-hydroxylation sites is 2. The predicted octanol–water partition coefficient (Wildman–Crippen LogP) is 0.956. The van der Waals surface area contributed by atoms with E-state index in [2.05, 4.69) is 5.32 Å². The maximum Gasteiger partial charge on any atom is 0.339 e. The van der Waals surface area contributed by atoms with Gasteiger partial charge in [0, 0.05) is 0 Å². The third kappa shape index (κ3) is 4.62. The molecule has 1 saturated heterocycles. The molecular weight excluding hydrogens is 349 g/mol. The summed E-state index contributed by atoms with van der Waals surface area (Å²) in [5.41, 5.74) is 1.37. The molecule has 1 heterocycles. The molecule has 0 aliphatic carbocycles. The van der Waals surface area contributed by atoms with Crippen molar-refractivity contribution >= 4 is 23.3 Å². The van der Waals surface area contributed by atoms with Crippen LogP contribution in [0.4, 0.5) is 15.8 Å². The Labute approximate surface area is 157 Å². The van der Waals surface area contributed by atoms with Gasteiger partial charge in [-0.25, -0.2) is 9.18 Å². The van der Waals surface area contributed by atoms with Crippen LogP contribution >= 0.6 is 0 Å².